The predicted molar refractivity (Wildman–Crippen MR) is 93.2 cm³/mol. The summed E-state index contributed by atoms with van der Waals surface area (Å²) in [6.07, 6.45) is 2.94. The molecule has 0 fully saturated rings. The molecular weight excluding hydrogens is 362 g/mol. The summed E-state index contributed by atoms with van der Waals surface area (Å²) in [4.78, 5) is 27.4. The van der Waals surface area contributed by atoms with Crippen LogP contribution < -0.4 is 9.47 Å². The number of hydrogen-bond donors (Lipinski definition) is 0. The fraction of sp³-hybridized carbons (Fsp3) is 0.167. The van der Waals surface area contributed by atoms with Crippen LogP contribution in [0, 0.1) is 0 Å². The Labute approximate surface area is 153 Å². The third-order valence-corrected chi connectivity index (χ3v) is 3.51. The summed E-state index contributed by atoms with van der Waals surface area (Å²) in [6, 6.07) is 6.42. The maximum atomic E-state index is 12.0. The van der Waals surface area contributed by atoms with Crippen LogP contribution in [-0.4, -0.2) is 24.4 Å². The van der Waals surface area contributed by atoms with Crippen molar-refractivity contribution in [1.82, 2.24) is 0 Å². The Kier molecular flexibility index (Phi) is 5.09. The van der Waals surface area contributed by atoms with Crippen LogP contribution in [0.5, 0.6) is 11.5 Å². The maximum absolute atomic E-state index is 12.0. The van der Waals surface area contributed by atoms with Crippen molar-refractivity contribution >= 4 is 35.5 Å². The van der Waals surface area contributed by atoms with Crippen molar-refractivity contribution < 1.29 is 28.2 Å². The molecular formula is C18H14ClNO6. The van der Waals surface area contributed by atoms with E-state index < -0.39 is 11.9 Å². The van der Waals surface area contributed by atoms with Crippen molar-refractivity contribution in [2.24, 2.45) is 4.99 Å². The molecule has 0 bridgehead atoms. The van der Waals surface area contributed by atoms with Gasteiger partial charge in [-0.05, 0) is 42.8 Å². The summed E-state index contributed by atoms with van der Waals surface area (Å²) in [5.74, 6) is -0.305. The number of ether oxygens (including phenoxy) is 3. The van der Waals surface area contributed by atoms with Gasteiger partial charge < -0.3 is 18.6 Å². The number of esters is 2. The van der Waals surface area contributed by atoms with Crippen LogP contribution in [0.15, 0.2) is 45.6 Å². The molecule has 1 aliphatic rings. The first-order chi connectivity index (χ1) is 12.5. The summed E-state index contributed by atoms with van der Waals surface area (Å²) in [6.45, 7) is 3.39. The molecule has 1 aromatic heterocycles. The van der Waals surface area contributed by atoms with Gasteiger partial charge >= 0.3 is 11.9 Å². The van der Waals surface area contributed by atoms with Gasteiger partial charge in [0.25, 0.3) is 5.90 Å². The van der Waals surface area contributed by atoms with E-state index in [1.54, 1.807) is 25.1 Å². The first-order valence-corrected chi connectivity index (χ1v) is 8.07. The van der Waals surface area contributed by atoms with Crippen LogP contribution in [0.3, 0.4) is 0 Å². The van der Waals surface area contributed by atoms with Gasteiger partial charge in [-0.15, -0.1) is 0 Å². The molecule has 0 radical (unpaired) electrons. The molecule has 0 aliphatic carbocycles. The van der Waals surface area contributed by atoms with E-state index in [-0.39, 0.29) is 28.1 Å². The highest BCUT2D eigenvalue weighted by Gasteiger charge is 2.26. The van der Waals surface area contributed by atoms with Gasteiger partial charge in [0.2, 0.25) is 0 Å². The summed E-state index contributed by atoms with van der Waals surface area (Å²) in [5.41, 5.74) is 0.612. The second-order valence-electron chi connectivity index (χ2n) is 5.17. The Hall–Kier alpha value is -3.06. The first kappa shape index (κ1) is 17.8. The number of rotatable bonds is 5. The maximum Gasteiger partial charge on any atom is 0.363 e. The molecule has 26 heavy (non-hydrogen) atoms. The topological polar surface area (TPSA) is 87.3 Å². The molecule has 1 aromatic carbocycles. The minimum atomic E-state index is -0.616. The number of furan rings is 1. The van der Waals surface area contributed by atoms with Crippen molar-refractivity contribution in [1.29, 1.82) is 0 Å². The fourth-order valence-corrected chi connectivity index (χ4v) is 2.51. The highest BCUT2D eigenvalue weighted by molar-refractivity contribution is 6.32. The number of benzene rings is 1. The predicted octanol–water partition coefficient (Wildman–Crippen LogP) is 3.60. The number of cyclic esters (lactones) is 1. The van der Waals surface area contributed by atoms with Crippen molar-refractivity contribution in [3.05, 3.63) is 52.6 Å². The molecule has 7 nitrogen and oxygen atoms in total. The molecule has 2 aromatic rings. The second kappa shape index (κ2) is 7.45. The third-order valence-electron chi connectivity index (χ3n) is 3.23. The normalized spacial score (nSPS) is 15.0. The number of carbonyl (C=O) groups is 2. The average molecular weight is 376 g/mol. The monoisotopic (exact) mass is 375 g/mol. The van der Waals surface area contributed by atoms with Crippen LogP contribution >= 0.6 is 11.6 Å². The number of aliphatic imine (C=N–C) groups is 1. The van der Waals surface area contributed by atoms with Gasteiger partial charge in [-0.3, -0.25) is 4.79 Å². The molecule has 0 spiro atoms. The summed E-state index contributed by atoms with van der Waals surface area (Å²) >= 11 is 6.19. The third kappa shape index (κ3) is 3.78. The SMILES string of the molecule is CCOc1cc(C=C2N=C(c3ccco3)OC2=O)cc(Cl)c1OC(C)=O. The summed E-state index contributed by atoms with van der Waals surface area (Å²) < 4.78 is 20.8. The zero-order chi connectivity index (χ0) is 18.7. The second-order valence-corrected chi connectivity index (χ2v) is 5.58. The number of nitrogens with zero attached hydrogens (tertiary/aromatic N) is 1. The van der Waals surface area contributed by atoms with Gasteiger partial charge in [0.15, 0.2) is 23.0 Å². The van der Waals surface area contributed by atoms with Gasteiger partial charge in [0, 0.05) is 6.92 Å². The van der Waals surface area contributed by atoms with E-state index in [1.807, 2.05) is 0 Å². The van der Waals surface area contributed by atoms with E-state index in [4.69, 9.17) is 30.2 Å². The molecule has 134 valence electrons. The molecule has 0 N–H and O–H groups in total. The quantitative estimate of drug-likeness (QED) is 0.450. The van der Waals surface area contributed by atoms with E-state index >= 15 is 0 Å². The summed E-state index contributed by atoms with van der Waals surface area (Å²) in [7, 11) is 0. The lowest BCUT2D eigenvalue weighted by molar-refractivity contribution is -0.132. The zero-order valence-electron chi connectivity index (χ0n) is 13.9. The highest BCUT2D eigenvalue weighted by Crippen LogP contribution is 2.37. The number of halogens is 1. The van der Waals surface area contributed by atoms with Gasteiger partial charge in [-0.25, -0.2) is 9.79 Å². The lowest BCUT2D eigenvalue weighted by Crippen LogP contribution is -2.05. The Morgan fingerprint density at radius 3 is 2.85 bits per heavy atom. The zero-order valence-corrected chi connectivity index (χ0v) is 14.7. The Bertz CT molecular complexity index is 914. The fourth-order valence-electron chi connectivity index (χ4n) is 2.25. The molecule has 2 heterocycles. The molecule has 0 saturated heterocycles. The van der Waals surface area contributed by atoms with Crippen molar-refractivity contribution in [3.63, 3.8) is 0 Å². The van der Waals surface area contributed by atoms with E-state index in [2.05, 4.69) is 4.99 Å². The summed E-state index contributed by atoms with van der Waals surface area (Å²) in [5, 5.41) is 0.166. The largest absolute Gasteiger partial charge is 0.490 e. The van der Waals surface area contributed by atoms with Crippen LogP contribution in [-0.2, 0) is 14.3 Å². The molecule has 8 heteroatoms. The van der Waals surface area contributed by atoms with Crippen LogP contribution in [0.1, 0.15) is 25.2 Å². The van der Waals surface area contributed by atoms with E-state index in [0.29, 0.717) is 17.9 Å². The molecule has 0 saturated carbocycles. The van der Waals surface area contributed by atoms with Gasteiger partial charge in [0.1, 0.15) is 0 Å². The minimum absolute atomic E-state index is 0.0788. The lowest BCUT2D eigenvalue weighted by Gasteiger charge is -2.12. The van der Waals surface area contributed by atoms with Gasteiger partial charge in [-0.1, -0.05) is 11.6 Å². The Balaban J connectivity index is 1.97. The molecule has 0 amide bonds. The van der Waals surface area contributed by atoms with E-state index in [1.165, 1.54) is 25.3 Å². The van der Waals surface area contributed by atoms with Gasteiger partial charge in [-0.2, -0.15) is 0 Å². The molecule has 1 aliphatic heterocycles. The van der Waals surface area contributed by atoms with Crippen LogP contribution in [0.4, 0.5) is 0 Å². The highest BCUT2D eigenvalue weighted by atomic mass is 35.5. The first-order valence-electron chi connectivity index (χ1n) is 7.69. The minimum Gasteiger partial charge on any atom is -0.490 e. The molecule has 3 rings (SSSR count). The number of carbonyl (C=O) groups excluding carboxylic acids is 2. The van der Waals surface area contributed by atoms with Crippen molar-refractivity contribution in [2.45, 2.75) is 13.8 Å². The van der Waals surface area contributed by atoms with Crippen LogP contribution in [0.2, 0.25) is 5.02 Å². The van der Waals surface area contributed by atoms with E-state index in [0.717, 1.165) is 0 Å². The number of hydrogen-bond acceptors (Lipinski definition) is 7. The molecule has 0 atom stereocenters. The standard InChI is InChI=1S/C18H14ClNO6/c1-3-23-15-9-11(7-12(19)16(15)25-10(2)21)8-13-18(22)26-17(20-13)14-5-4-6-24-14/h4-9H,3H2,1-2H3. The van der Waals surface area contributed by atoms with Gasteiger partial charge in [0.05, 0.1) is 17.9 Å². The average Bonchev–Trinajstić information content (AvgIpc) is 3.21. The Morgan fingerprint density at radius 2 is 2.19 bits per heavy atom. The van der Waals surface area contributed by atoms with Crippen molar-refractivity contribution in [3.8, 4) is 11.5 Å². The lowest BCUT2D eigenvalue weighted by atomic mass is 10.1. The Morgan fingerprint density at radius 1 is 1.38 bits per heavy atom. The van der Waals surface area contributed by atoms with Crippen LogP contribution in [0.25, 0.3) is 6.08 Å². The van der Waals surface area contributed by atoms with E-state index in [9.17, 15) is 9.59 Å². The molecule has 0 unspecified atom stereocenters. The van der Waals surface area contributed by atoms with Crippen molar-refractivity contribution in [2.75, 3.05) is 6.61 Å². The smallest absolute Gasteiger partial charge is 0.363 e.